The zero-order chi connectivity index (χ0) is 28.0. The Morgan fingerprint density at radius 3 is 2.46 bits per heavy atom. The van der Waals surface area contributed by atoms with E-state index in [2.05, 4.69) is 10.6 Å². The summed E-state index contributed by atoms with van der Waals surface area (Å²) in [5.41, 5.74) is -0.181. The molecule has 4 rings (SSSR count). The lowest BCUT2D eigenvalue weighted by Crippen LogP contribution is -2.49. The van der Waals surface area contributed by atoms with Crippen LogP contribution in [0, 0.1) is 11.2 Å². The standard InChI is InChI=1S/C28H33Cl2FN2O5.ClH/c1-27(2,3)12-23-28(16-10-18(31)17(30)11-19(16)32-26(28)38)24(14-5-4-6-15(29)9-14)25(33-23)21(36)8-7-20(35)22(37)13-34;/h4-6,9-11,20,22-25,33-35,37H,7-8,12-13H2,1-3H3,(H,32,38);1H/t20-,22+,23+,24-,25-,28-;/m0./s1. The van der Waals surface area contributed by atoms with Crippen LogP contribution in [0.5, 0.6) is 0 Å². The molecule has 1 amide bonds. The second-order valence-corrected chi connectivity index (χ2v) is 12.3. The summed E-state index contributed by atoms with van der Waals surface area (Å²) in [6.07, 6.45) is -2.37. The van der Waals surface area contributed by atoms with Gasteiger partial charge in [0.1, 0.15) is 17.3 Å². The average Bonchev–Trinajstić information content (AvgIpc) is 3.31. The number of amides is 1. The molecule has 1 fully saturated rings. The molecule has 0 unspecified atom stereocenters. The van der Waals surface area contributed by atoms with Crippen molar-refractivity contribution in [2.24, 2.45) is 5.41 Å². The van der Waals surface area contributed by atoms with Crippen molar-refractivity contribution in [3.05, 3.63) is 63.4 Å². The Hall–Kier alpha value is -1.78. The fourth-order valence-electron chi connectivity index (χ4n) is 5.95. The monoisotopic (exact) mass is 602 g/mol. The zero-order valence-electron chi connectivity index (χ0n) is 21.9. The number of ketones is 1. The van der Waals surface area contributed by atoms with E-state index in [1.807, 2.05) is 20.8 Å². The molecule has 39 heavy (non-hydrogen) atoms. The minimum Gasteiger partial charge on any atom is -0.394 e. The van der Waals surface area contributed by atoms with Crippen LogP contribution in [-0.2, 0) is 15.0 Å². The molecule has 2 heterocycles. The van der Waals surface area contributed by atoms with E-state index in [1.165, 1.54) is 12.1 Å². The van der Waals surface area contributed by atoms with Crippen LogP contribution in [0.1, 0.15) is 57.1 Å². The Bertz CT molecular complexity index is 1240. The van der Waals surface area contributed by atoms with Gasteiger partial charge < -0.3 is 26.0 Å². The molecule has 0 aliphatic carbocycles. The van der Waals surface area contributed by atoms with Gasteiger partial charge in [-0.1, -0.05) is 56.1 Å². The third-order valence-electron chi connectivity index (χ3n) is 7.57. The molecule has 1 saturated heterocycles. The van der Waals surface area contributed by atoms with Crippen LogP contribution in [0.2, 0.25) is 10.0 Å². The number of fused-ring (bicyclic) bond motifs is 2. The molecule has 0 bridgehead atoms. The number of halogens is 4. The van der Waals surface area contributed by atoms with E-state index in [0.29, 0.717) is 28.3 Å². The molecule has 2 aliphatic rings. The topological polar surface area (TPSA) is 119 Å². The molecule has 5 N–H and O–H groups in total. The number of aliphatic hydroxyl groups is 3. The van der Waals surface area contributed by atoms with Gasteiger partial charge in [0.2, 0.25) is 5.91 Å². The summed E-state index contributed by atoms with van der Waals surface area (Å²) in [7, 11) is 0. The maximum absolute atomic E-state index is 14.9. The molecule has 0 aromatic heterocycles. The third-order valence-corrected chi connectivity index (χ3v) is 8.10. The van der Waals surface area contributed by atoms with Gasteiger partial charge in [-0.05, 0) is 53.6 Å². The number of Topliss-reactive ketones (excluding diaryl/α,β-unsaturated/α-hetero) is 1. The summed E-state index contributed by atoms with van der Waals surface area (Å²) in [5, 5.41) is 35.6. The number of carbonyl (C=O) groups is 2. The SMILES string of the molecule is CC(C)(C)C[C@H]1N[C@@H](C(=O)CC[C@H](O)[C@H](O)CO)[C@H](c2cccc(Cl)c2)[C@@]12C(=O)Nc1cc(Cl)c(F)cc12.Cl. The fourth-order valence-corrected chi connectivity index (χ4v) is 6.31. The van der Waals surface area contributed by atoms with Gasteiger partial charge in [-0.3, -0.25) is 9.59 Å². The second kappa shape index (κ2) is 12.0. The van der Waals surface area contributed by atoms with E-state index in [1.54, 1.807) is 24.3 Å². The van der Waals surface area contributed by atoms with Gasteiger partial charge in [0, 0.05) is 29.1 Å². The van der Waals surface area contributed by atoms with Gasteiger partial charge in [-0.25, -0.2) is 4.39 Å². The Kier molecular flexibility index (Phi) is 9.76. The van der Waals surface area contributed by atoms with Crippen molar-refractivity contribution in [1.29, 1.82) is 0 Å². The number of nitrogens with one attached hydrogen (secondary N) is 2. The first-order valence-electron chi connectivity index (χ1n) is 12.6. The molecule has 2 aromatic carbocycles. The summed E-state index contributed by atoms with van der Waals surface area (Å²) >= 11 is 12.4. The van der Waals surface area contributed by atoms with Crippen LogP contribution < -0.4 is 10.6 Å². The molecule has 11 heteroatoms. The number of aliphatic hydroxyl groups excluding tert-OH is 3. The maximum atomic E-state index is 14.9. The van der Waals surface area contributed by atoms with E-state index in [0.717, 1.165) is 0 Å². The van der Waals surface area contributed by atoms with Gasteiger partial charge in [0.05, 0.1) is 23.8 Å². The quantitative estimate of drug-likeness (QED) is 0.306. The normalized spacial score (nSPS) is 25.7. The Morgan fingerprint density at radius 1 is 1.15 bits per heavy atom. The van der Waals surface area contributed by atoms with E-state index in [-0.39, 0.29) is 47.4 Å². The van der Waals surface area contributed by atoms with Gasteiger partial charge >= 0.3 is 0 Å². The summed E-state index contributed by atoms with van der Waals surface area (Å²) in [5.74, 6) is -2.09. The van der Waals surface area contributed by atoms with E-state index < -0.39 is 48.0 Å². The predicted molar refractivity (Wildman–Crippen MR) is 151 cm³/mol. The highest BCUT2D eigenvalue weighted by Gasteiger charge is 2.65. The molecule has 7 nitrogen and oxygen atoms in total. The lowest BCUT2D eigenvalue weighted by molar-refractivity contribution is -0.123. The van der Waals surface area contributed by atoms with Crippen molar-refractivity contribution in [1.82, 2.24) is 5.32 Å². The fraction of sp³-hybridized carbons (Fsp3) is 0.500. The minimum atomic E-state index is -1.37. The maximum Gasteiger partial charge on any atom is 0.237 e. The number of rotatable bonds is 8. The summed E-state index contributed by atoms with van der Waals surface area (Å²) in [6, 6.07) is 8.16. The molecule has 2 aromatic rings. The second-order valence-electron chi connectivity index (χ2n) is 11.5. The smallest absolute Gasteiger partial charge is 0.237 e. The Balaban J connectivity index is 0.00000420. The summed E-state index contributed by atoms with van der Waals surface area (Å²) < 4.78 is 14.9. The molecule has 6 atom stereocenters. The van der Waals surface area contributed by atoms with Crippen LogP contribution in [-0.4, -0.2) is 57.9 Å². The lowest BCUT2D eigenvalue weighted by atomic mass is 9.62. The number of anilines is 1. The van der Waals surface area contributed by atoms with Crippen molar-refractivity contribution in [3.8, 4) is 0 Å². The number of benzene rings is 2. The van der Waals surface area contributed by atoms with Crippen molar-refractivity contribution in [2.75, 3.05) is 11.9 Å². The van der Waals surface area contributed by atoms with Crippen LogP contribution in [0.4, 0.5) is 10.1 Å². The lowest BCUT2D eigenvalue weighted by Gasteiger charge is -2.37. The first-order valence-corrected chi connectivity index (χ1v) is 13.4. The van der Waals surface area contributed by atoms with Gasteiger partial charge in [0.15, 0.2) is 5.78 Å². The van der Waals surface area contributed by atoms with Gasteiger partial charge in [0.25, 0.3) is 0 Å². The minimum absolute atomic E-state index is 0. The van der Waals surface area contributed by atoms with E-state index in [9.17, 15) is 24.2 Å². The largest absolute Gasteiger partial charge is 0.394 e. The Labute approximate surface area is 243 Å². The molecule has 0 saturated carbocycles. The molecular weight excluding hydrogens is 570 g/mol. The molecule has 2 aliphatic heterocycles. The number of hydrogen-bond donors (Lipinski definition) is 5. The first-order chi connectivity index (χ1) is 17.8. The summed E-state index contributed by atoms with van der Waals surface area (Å²) in [4.78, 5) is 27.8. The van der Waals surface area contributed by atoms with Crippen molar-refractivity contribution < 1.29 is 29.3 Å². The first kappa shape index (κ1) is 31.7. The van der Waals surface area contributed by atoms with Crippen LogP contribution in [0.25, 0.3) is 0 Å². The summed E-state index contributed by atoms with van der Waals surface area (Å²) in [6.45, 7) is 5.43. The van der Waals surface area contributed by atoms with Crippen molar-refractivity contribution in [3.63, 3.8) is 0 Å². The third kappa shape index (κ3) is 5.98. The molecular formula is C28H34Cl3FN2O5. The highest BCUT2D eigenvalue weighted by molar-refractivity contribution is 6.31. The van der Waals surface area contributed by atoms with Crippen LogP contribution in [0.15, 0.2) is 36.4 Å². The predicted octanol–water partition coefficient (Wildman–Crippen LogP) is 4.37. The zero-order valence-corrected chi connectivity index (χ0v) is 24.2. The molecule has 0 radical (unpaired) electrons. The highest BCUT2D eigenvalue weighted by atomic mass is 35.5. The van der Waals surface area contributed by atoms with Gasteiger partial charge in [-0.15, -0.1) is 12.4 Å². The van der Waals surface area contributed by atoms with Crippen molar-refractivity contribution in [2.45, 2.75) is 75.7 Å². The van der Waals surface area contributed by atoms with E-state index in [4.69, 9.17) is 28.3 Å². The average molecular weight is 604 g/mol. The number of carbonyl (C=O) groups excluding carboxylic acids is 2. The molecule has 214 valence electrons. The van der Waals surface area contributed by atoms with Crippen molar-refractivity contribution >= 4 is 53.0 Å². The van der Waals surface area contributed by atoms with E-state index >= 15 is 0 Å². The van der Waals surface area contributed by atoms with Crippen LogP contribution in [0.3, 0.4) is 0 Å². The van der Waals surface area contributed by atoms with Gasteiger partial charge in [-0.2, -0.15) is 0 Å². The van der Waals surface area contributed by atoms with Crippen LogP contribution >= 0.6 is 35.6 Å². The highest BCUT2D eigenvalue weighted by Crippen LogP contribution is 2.57. The number of hydrogen-bond acceptors (Lipinski definition) is 6. The Morgan fingerprint density at radius 2 is 1.85 bits per heavy atom. The molecule has 1 spiro atoms.